The average Bonchev–Trinajstić information content (AvgIpc) is 2.32. The van der Waals surface area contributed by atoms with Crippen LogP contribution in [-0.2, 0) is 0 Å². The molecule has 1 atom stereocenters. The van der Waals surface area contributed by atoms with Crippen LogP contribution in [0.2, 0.25) is 0 Å². The monoisotopic (exact) mass is 228 g/mol. The molecule has 1 fully saturated rings. The summed E-state index contributed by atoms with van der Waals surface area (Å²) in [5.74, 6) is 0. The molecule has 2 nitrogen and oxygen atoms in total. The Labute approximate surface area is 103 Å². The van der Waals surface area contributed by atoms with Crippen molar-refractivity contribution in [3.63, 3.8) is 0 Å². The van der Waals surface area contributed by atoms with Crippen molar-refractivity contribution in [3.8, 4) is 0 Å². The molecule has 16 heavy (non-hydrogen) atoms. The zero-order valence-electron chi connectivity index (χ0n) is 12.1. The van der Waals surface area contributed by atoms with Crippen LogP contribution in [0.3, 0.4) is 0 Å². The maximum atomic E-state index is 3.59. The Kier molecular flexibility index (Phi) is 8.96. The van der Waals surface area contributed by atoms with Crippen LogP contribution in [0.1, 0.15) is 53.4 Å². The predicted molar refractivity (Wildman–Crippen MR) is 74.0 cm³/mol. The first-order chi connectivity index (χ1) is 7.72. The summed E-state index contributed by atoms with van der Waals surface area (Å²) in [7, 11) is 2.25. The molecule has 0 saturated carbocycles. The number of hydrogen-bond acceptors (Lipinski definition) is 2. The molecular weight excluding hydrogens is 196 g/mol. The van der Waals surface area contributed by atoms with E-state index in [1.807, 2.05) is 13.8 Å². The third-order valence-corrected chi connectivity index (χ3v) is 3.53. The first kappa shape index (κ1) is 15.9. The van der Waals surface area contributed by atoms with Crippen molar-refractivity contribution < 1.29 is 0 Å². The minimum atomic E-state index is 0.558. The molecule has 1 aliphatic rings. The summed E-state index contributed by atoms with van der Waals surface area (Å²) < 4.78 is 0. The summed E-state index contributed by atoms with van der Waals surface area (Å²) >= 11 is 0. The quantitative estimate of drug-likeness (QED) is 0.727. The minimum absolute atomic E-state index is 0.558. The third-order valence-electron chi connectivity index (χ3n) is 3.53. The lowest BCUT2D eigenvalue weighted by Gasteiger charge is -2.41. The maximum absolute atomic E-state index is 3.59. The smallest absolute Gasteiger partial charge is 0.00470 e. The Morgan fingerprint density at radius 3 is 2.44 bits per heavy atom. The fraction of sp³-hybridized carbons (Fsp3) is 1.00. The number of nitrogens with zero attached hydrogens (tertiary/aromatic N) is 1. The Balaban J connectivity index is 0.00000106. The second-order valence-corrected chi connectivity index (χ2v) is 4.87. The number of piperidine rings is 1. The van der Waals surface area contributed by atoms with Gasteiger partial charge in [-0.3, -0.25) is 0 Å². The Hall–Kier alpha value is -0.0800. The lowest BCUT2D eigenvalue weighted by Crippen LogP contribution is -2.46. The van der Waals surface area contributed by atoms with Gasteiger partial charge in [0.2, 0.25) is 0 Å². The van der Waals surface area contributed by atoms with Crippen molar-refractivity contribution in [2.45, 2.75) is 53.4 Å². The summed E-state index contributed by atoms with van der Waals surface area (Å²) in [4.78, 5) is 2.49. The number of rotatable bonds is 5. The van der Waals surface area contributed by atoms with Crippen LogP contribution in [0, 0.1) is 5.41 Å². The Morgan fingerprint density at radius 2 is 1.94 bits per heavy atom. The predicted octanol–water partition coefficient (Wildman–Crippen LogP) is 3.13. The van der Waals surface area contributed by atoms with Gasteiger partial charge < -0.3 is 10.2 Å². The molecule has 0 spiro atoms. The summed E-state index contributed by atoms with van der Waals surface area (Å²) in [5, 5.41) is 3.59. The van der Waals surface area contributed by atoms with Crippen molar-refractivity contribution in [1.82, 2.24) is 10.2 Å². The molecule has 1 aliphatic heterocycles. The molecular formula is C14H32N2. The summed E-state index contributed by atoms with van der Waals surface area (Å²) in [6.45, 7) is 13.5. The van der Waals surface area contributed by atoms with Crippen LogP contribution < -0.4 is 5.32 Å². The van der Waals surface area contributed by atoms with E-state index in [2.05, 4.69) is 31.1 Å². The fourth-order valence-corrected chi connectivity index (χ4v) is 2.54. The molecule has 0 radical (unpaired) electrons. The van der Waals surface area contributed by atoms with Gasteiger partial charge in [-0.05, 0) is 51.2 Å². The van der Waals surface area contributed by atoms with Crippen molar-refractivity contribution in [3.05, 3.63) is 0 Å². The van der Waals surface area contributed by atoms with Gasteiger partial charge in [-0.15, -0.1) is 0 Å². The molecule has 0 aromatic rings. The van der Waals surface area contributed by atoms with E-state index in [-0.39, 0.29) is 0 Å². The molecule has 1 saturated heterocycles. The van der Waals surface area contributed by atoms with E-state index in [1.54, 1.807) is 0 Å². The number of hydrogen-bond donors (Lipinski definition) is 1. The van der Waals surface area contributed by atoms with Crippen LogP contribution in [0.15, 0.2) is 0 Å². The summed E-state index contributed by atoms with van der Waals surface area (Å²) in [6, 6.07) is 0. The van der Waals surface area contributed by atoms with E-state index < -0.39 is 0 Å². The Morgan fingerprint density at radius 1 is 1.25 bits per heavy atom. The highest BCUT2D eigenvalue weighted by Crippen LogP contribution is 2.31. The van der Waals surface area contributed by atoms with Gasteiger partial charge >= 0.3 is 0 Å². The van der Waals surface area contributed by atoms with E-state index >= 15 is 0 Å². The normalized spacial score (nSPS) is 26.1. The van der Waals surface area contributed by atoms with E-state index in [4.69, 9.17) is 0 Å². The average molecular weight is 228 g/mol. The van der Waals surface area contributed by atoms with Crippen LogP contribution in [0.5, 0.6) is 0 Å². The molecule has 1 rings (SSSR count). The van der Waals surface area contributed by atoms with Crippen LogP contribution in [0.4, 0.5) is 0 Å². The van der Waals surface area contributed by atoms with Crippen LogP contribution in [-0.4, -0.2) is 38.1 Å². The highest BCUT2D eigenvalue weighted by molar-refractivity contribution is 4.86. The zero-order chi connectivity index (χ0) is 12.4. The number of likely N-dealkylation sites (tertiary alicyclic amines) is 1. The molecule has 1 N–H and O–H groups in total. The molecule has 0 bridgehead atoms. The van der Waals surface area contributed by atoms with E-state index in [1.165, 1.54) is 51.9 Å². The topological polar surface area (TPSA) is 15.3 Å². The van der Waals surface area contributed by atoms with Crippen LogP contribution in [0.25, 0.3) is 0 Å². The van der Waals surface area contributed by atoms with E-state index in [0.717, 1.165) is 0 Å². The van der Waals surface area contributed by atoms with Gasteiger partial charge in [0.15, 0.2) is 0 Å². The van der Waals surface area contributed by atoms with Gasteiger partial charge in [-0.25, -0.2) is 0 Å². The first-order valence-electron chi connectivity index (χ1n) is 7.12. The van der Waals surface area contributed by atoms with Crippen molar-refractivity contribution in [2.24, 2.45) is 5.41 Å². The van der Waals surface area contributed by atoms with Gasteiger partial charge in [-0.2, -0.15) is 0 Å². The van der Waals surface area contributed by atoms with Crippen LogP contribution >= 0.6 is 0 Å². The molecule has 98 valence electrons. The fourth-order valence-electron chi connectivity index (χ4n) is 2.54. The van der Waals surface area contributed by atoms with E-state index in [9.17, 15) is 0 Å². The molecule has 0 aromatic heterocycles. The van der Waals surface area contributed by atoms with Crippen molar-refractivity contribution in [1.29, 1.82) is 0 Å². The second-order valence-electron chi connectivity index (χ2n) is 4.87. The lowest BCUT2D eigenvalue weighted by atomic mass is 9.77. The van der Waals surface area contributed by atoms with Gasteiger partial charge in [0.05, 0.1) is 0 Å². The highest BCUT2D eigenvalue weighted by Gasteiger charge is 2.31. The van der Waals surface area contributed by atoms with Gasteiger partial charge in [0.25, 0.3) is 0 Å². The van der Waals surface area contributed by atoms with E-state index in [0.29, 0.717) is 5.41 Å². The summed E-state index contributed by atoms with van der Waals surface area (Å²) in [6.07, 6.45) is 5.34. The lowest BCUT2D eigenvalue weighted by molar-refractivity contribution is 0.102. The largest absolute Gasteiger partial charge is 0.316 e. The summed E-state index contributed by atoms with van der Waals surface area (Å²) in [5.41, 5.74) is 0.558. The van der Waals surface area contributed by atoms with Crippen molar-refractivity contribution >= 4 is 0 Å². The van der Waals surface area contributed by atoms with Gasteiger partial charge in [0.1, 0.15) is 0 Å². The minimum Gasteiger partial charge on any atom is -0.316 e. The highest BCUT2D eigenvalue weighted by atomic mass is 15.1. The standard InChI is InChI=1S/C12H26N2.C2H6/c1-4-8-13-10-12(5-2)7-6-9-14(3)11-12;1-2/h13H,4-11H2,1-3H3;1-2H3. The molecule has 1 heterocycles. The van der Waals surface area contributed by atoms with Gasteiger partial charge in [-0.1, -0.05) is 27.7 Å². The Bertz CT molecular complexity index is 159. The molecule has 0 aliphatic carbocycles. The van der Waals surface area contributed by atoms with Crippen molar-refractivity contribution in [2.75, 3.05) is 33.2 Å². The first-order valence-corrected chi connectivity index (χ1v) is 7.12. The molecule has 0 aromatic carbocycles. The third kappa shape index (κ3) is 5.31. The maximum Gasteiger partial charge on any atom is 0.00470 e. The second kappa shape index (κ2) is 9.00. The number of nitrogens with one attached hydrogen (secondary N) is 1. The molecule has 2 heteroatoms. The SMILES string of the molecule is CC.CCCNCC1(CC)CCCN(C)C1. The molecule has 1 unspecified atom stereocenters. The molecule has 0 amide bonds. The zero-order valence-corrected chi connectivity index (χ0v) is 12.1. The van der Waals surface area contributed by atoms with Gasteiger partial charge in [0, 0.05) is 13.1 Å².